The Morgan fingerprint density at radius 3 is 2.75 bits per heavy atom. The van der Waals surface area contributed by atoms with Gasteiger partial charge in [0.1, 0.15) is 17.5 Å². The van der Waals surface area contributed by atoms with Gasteiger partial charge in [0.2, 0.25) is 5.82 Å². The Morgan fingerprint density at radius 2 is 2.07 bits per heavy atom. The van der Waals surface area contributed by atoms with Crippen LogP contribution in [0.3, 0.4) is 0 Å². The average Bonchev–Trinajstić information content (AvgIpc) is 3.11. The molecule has 3 heterocycles. The molecule has 1 aliphatic rings. The molecular weight excluding hydrogens is 366 g/mol. The highest BCUT2D eigenvalue weighted by molar-refractivity contribution is 5.90. The molecule has 3 rings (SSSR count). The number of nitrogens with zero attached hydrogens (tertiary/aromatic N) is 5. The van der Waals surface area contributed by atoms with Crippen LogP contribution in [0.2, 0.25) is 0 Å². The van der Waals surface area contributed by atoms with E-state index < -0.39 is 11.6 Å². The van der Waals surface area contributed by atoms with Crippen molar-refractivity contribution in [1.82, 2.24) is 25.2 Å². The molecule has 0 saturated carbocycles. The molecule has 2 aromatic heterocycles. The first-order valence-corrected chi connectivity index (χ1v) is 9.11. The van der Waals surface area contributed by atoms with Crippen molar-refractivity contribution in [3.8, 4) is 0 Å². The summed E-state index contributed by atoms with van der Waals surface area (Å²) in [6.45, 7) is 5.44. The zero-order chi connectivity index (χ0) is 20.4. The maximum Gasteiger partial charge on any atom is 0.291 e. The summed E-state index contributed by atoms with van der Waals surface area (Å²) < 4.78 is 26.7. The third kappa shape index (κ3) is 4.24. The van der Waals surface area contributed by atoms with Crippen molar-refractivity contribution in [3.05, 3.63) is 46.7 Å². The van der Waals surface area contributed by atoms with E-state index in [0.717, 1.165) is 42.3 Å². The molecule has 1 atom stereocenters. The summed E-state index contributed by atoms with van der Waals surface area (Å²) in [5.41, 5.74) is 1.89. The normalized spacial score (nSPS) is 16.5. The zero-order valence-corrected chi connectivity index (χ0v) is 16.5. The van der Waals surface area contributed by atoms with Gasteiger partial charge in [-0.3, -0.25) is 9.78 Å². The monoisotopic (exact) mass is 390 g/mol. The van der Waals surface area contributed by atoms with E-state index in [2.05, 4.69) is 25.2 Å². The molecule has 150 valence electrons. The maximum absolute atomic E-state index is 13.7. The Kier molecular flexibility index (Phi) is 5.83. The van der Waals surface area contributed by atoms with E-state index in [1.165, 1.54) is 4.90 Å². The molecule has 0 aliphatic carbocycles. The summed E-state index contributed by atoms with van der Waals surface area (Å²) in [5.74, 6) is -0.663. The molecular formula is C19H24F2N6O. The predicted octanol–water partition coefficient (Wildman–Crippen LogP) is 1.84. The number of carbonyl (C=O) groups is 1. The van der Waals surface area contributed by atoms with E-state index in [9.17, 15) is 13.6 Å². The van der Waals surface area contributed by atoms with Gasteiger partial charge in [-0.2, -0.15) is 0 Å². The quantitative estimate of drug-likeness (QED) is 0.840. The van der Waals surface area contributed by atoms with E-state index in [0.29, 0.717) is 6.54 Å². The van der Waals surface area contributed by atoms with Gasteiger partial charge in [-0.15, -0.1) is 0 Å². The molecule has 1 saturated heterocycles. The van der Waals surface area contributed by atoms with Crippen molar-refractivity contribution >= 4 is 11.7 Å². The minimum Gasteiger partial charge on any atom is -0.355 e. The molecule has 0 aromatic carbocycles. The lowest BCUT2D eigenvalue weighted by molar-refractivity contribution is 0.0815. The Bertz CT molecular complexity index is 889. The predicted molar refractivity (Wildman–Crippen MR) is 101 cm³/mol. The van der Waals surface area contributed by atoms with Crippen molar-refractivity contribution in [1.29, 1.82) is 0 Å². The lowest BCUT2D eigenvalue weighted by Crippen LogP contribution is -2.33. The SMILES string of the molecule is Cc1nc(C(=O)N(C)C)nc(N2CC[C@@H](NCc3ncc(F)cc3F)C2)c1C. The number of pyridine rings is 1. The first kappa shape index (κ1) is 20.1. The zero-order valence-electron chi connectivity index (χ0n) is 16.5. The van der Waals surface area contributed by atoms with Crippen LogP contribution >= 0.6 is 0 Å². The highest BCUT2D eigenvalue weighted by Crippen LogP contribution is 2.24. The largest absolute Gasteiger partial charge is 0.355 e. The second kappa shape index (κ2) is 8.14. The Morgan fingerprint density at radius 1 is 1.32 bits per heavy atom. The minimum absolute atomic E-state index is 0.105. The van der Waals surface area contributed by atoms with Crippen LogP contribution in [0.15, 0.2) is 12.3 Å². The molecule has 1 N–H and O–H groups in total. The number of carbonyl (C=O) groups excluding carboxylic acids is 1. The Hall–Kier alpha value is -2.68. The van der Waals surface area contributed by atoms with E-state index in [4.69, 9.17) is 0 Å². The second-order valence-corrected chi connectivity index (χ2v) is 7.18. The van der Waals surface area contributed by atoms with Crippen molar-refractivity contribution in [2.75, 3.05) is 32.1 Å². The van der Waals surface area contributed by atoms with Gasteiger partial charge in [-0.25, -0.2) is 18.7 Å². The third-order valence-corrected chi connectivity index (χ3v) is 4.89. The number of halogens is 2. The molecule has 1 aliphatic heterocycles. The van der Waals surface area contributed by atoms with Gasteiger partial charge in [-0.1, -0.05) is 0 Å². The van der Waals surface area contributed by atoms with Crippen LogP contribution in [-0.2, 0) is 6.54 Å². The lowest BCUT2D eigenvalue weighted by atomic mass is 10.2. The van der Waals surface area contributed by atoms with Crippen molar-refractivity contribution in [3.63, 3.8) is 0 Å². The number of nitrogens with one attached hydrogen (secondary N) is 1. The van der Waals surface area contributed by atoms with Crippen LogP contribution in [0.1, 0.15) is 34.0 Å². The average molecular weight is 390 g/mol. The van der Waals surface area contributed by atoms with Gasteiger partial charge in [0.05, 0.1) is 11.9 Å². The summed E-state index contributed by atoms with van der Waals surface area (Å²) in [6, 6.07) is 0.940. The van der Waals surface area contributed by atoms with Gasteiger partial charge in [0.25, 0.3) is 5.91 Å². The lowest BCUT2D eigenvalue weighted by Gasteiger charge is -2.22. The van der Waals surface area contributed by atoms with Gasteiger partial charge in [0.15, 0.2) is 0 Å². The van der Waals surface area contributed by atoms with Crippen LogP contribution in [-0.4, -0.2) is 59.0 Å². The van der Waals surface area contributed by atoms with Crippen LogP contribution < -0.4 is 10.2 Å². The highest BCUT2D eigenvalue weighted by Gasteiger charge is 2.27. The van der Waals surface area contributed by atoms with Crippen LogP contribution in [0.25, 0.3) is 0 Å². The van der Waals surface area contributed by atoms with Gasteiger partial charge >= 0.3 is 0 Å². The first-order valence-electron chi connectivity index (χ1n) is 9.11. The van der Waals surface area contributed by atoms with Crippen LogP contribution in [0.4, 0.5) is 14.6 Å². The van der Waals surface area contributed by atoms with E-state index in [1.807, 2.05) is 13.8 Å². The molecule has 0 unspecified atom stereocenters. The summed E-state index contributed by atoms with van der Waals surface area (Å²) in [6.07, 6.45) is 1.85. The maximum atomic E-state index is 13.7. The number of hydrogen-bond donors (Lipinski definition) is 1. The number of aryl methyl sites for hydroxylation is 1. The summed E-state index contributed by atoms with van der Waals surface area (Å²) in [4.78, 5) is 28.4. The molecule has 9 heteroatoms. The van der Waals surface area contributed by atoms with Gasteiger partial charge in [0, 0.05) is 57.1 Å². The number of amides is 1. The molecule has 0 bridgehead atoms. The number of anilines is 1. The second-order valence-electron chi connectivity index (χ2n) is 7.18. The van der Waals surface area contributed by atoms with Crippen molar-refractivity contribution in [2.45, 2.75) is 32.9 Å². The van der Waals surface area contributed by atoms with Gasteiger partial charge < -0.3 is 15.1 Å². The molecule has 1 amide bonds. The number of hydrogen-bond acceptors (Lipinski definition) is 6. The van der Waals surface area contributed by atoms with Gasteiger partial charge in [-0.05, 0) is 20.3 Å². The van der Waals surface area contributed by atoms with Crippen LogP contribution in [0, 0.1) is 25.5 Å². The molecule has 2 aromatic rings. The topological polar surface area (TPSA) is 74.2 Å². The van der Waals surface area contributed by atoms with Crippen molar-refractivity contribution < 1.29 is 13.6 Å². The van der Waals surface area contributed by atoms with E-state index >= 15 is 0 Å². The highest BCUT2D eigenvalue weighted by atomic mass is 19.1. The molecule has 7 nitrogen and oxygen atoms in total. The van der Waals surface area contributed by atoms with Crippen LogP contribution in [0.5, 0.6) is 0 Å². The third-order valence-electron chi connectivity index (χ3n) is 4.89. The van der Waals surface area contributed by atoms with Crippen molar-refractivity contribution in [2.24, 2.45) is 0 Å². The number of rotatable bonds is 5. The van der Waals surface area contributed by atoms with E-state index in [1.54, 1.807) is 14.1 Å². The molecule has 0 spiro atoms. The summed E-state index contributed by atoms with van der Waals surface area (Å²) in [5, 5.41) is 3.26. The smallest absolute Gasteiger partial charge is 0.291 e. The standard InChI is InChI=1S/C19H24F2N6O/c1-11-12(2)24-17(19(28)26(3)4)25-18(11)27-6-5-14(10-27)22-9-16-15(21)7-13(20)8-23-16/h7-8,14,22H,5-6,9-10H2,1-4H3/t14-/m1/s1. The van der Waals surface area contributed by atoms with E-state index in [-0.39, 0.29) is 30.0 Å². The molecule has 28 heavy (non-hydrogen) atoms. The summed E-state index contributed by atoms with van der Waals surface area (Å²) in [7, 11) is 3.33. The summed E-state index contributed by atoms with van der Waals surface area (Å²) >= 11 is 0. The number of aromatic nitrogens is 3. The molecule has 1 fully saturated rings. The Balaban J connectivity index is 1.70. The fourth-order valence-electron chi connectivity index (χ4n) is 3.15. The first-order chi connectivity index (χ1) is 13.3. The Labute approximate surface area is 162 Å². The minimum atomic E-state index is -0.689. The fraction of sp³-hybridized carbons (Fsp3) is 0.474. The molecule has 0 radical (unpaired) electrons. The fourth-order valence-corrected chi connectivity index (χ4v) is 3.15.